The van der Waals surface area contributed by atoms with Crippen LogP contribution in [0, 0.1) is 0 Å². The van der Waals surface area contributed by atoms with E-state index in [0.29, 0.717) is 24.4 Å². The second-order valence-corrected chi connectivity index (χ2v) is 8.90. The predicted molar refractivity (Wildman–Crippen MR) is 109 cm³/mol. The van der Waals surface area contributed by atoms with E-state index in [2.05, 4.69) is 45.8 Å². The fourth-order valence-electron chi connectivity index (χ4n) is 3.15. The number of anilines is 2. The van der Waals surface area contributed by atoms with Crippen LogP contribution in [-0.2, 0) is 4.74 Å². The zero-order chi connectivity index (χ0) is 18.8. The molecular weight excluding hydrogens is 361 g/mol. The van der Waals surface area contributed by atoms with E-state index in [1.807, 2.05) is 6.07 Å². The summed E-state index contributed by atoms with van der Waals surface area (Å²) in [7, 11) is -0.219. The Bertz CT molecular complexity index is 966. The molecule has 4 rings (SSSR count). The molecule has 0 radical (unpaired) electrons. The van der Waals surface area contributed by atoms with E-state index in [0.717, 1.165) is 24.5 Å². The molecule has 1 amide bonds. The number of hydrogen-bond acceptors (Lipinski definition) is 5. The number of hydrogen-bond donors (Lipinski definition) is 1. The van der Waals surface area contributed by atoms with Crippen molar-refractivity contribution in [1.29, 1.82) is 0 Å². The number of aromatic nitrogens is 3. The molecule has 1 aliphatic heterocycles. The quantitative estimate of drug-likeness (QED) is 0.700. The lowest BCUT2D eigenvalue weighted by Crippen LogP contribution is -2.37. The number of nitrogens with zero attached hydrogens (tertiary/aromatic N) is 4. The summed E-state index contributed by atoms with van der Waals surface area (Å²) in [5.74, 6) is -0.207. The first-order valence-electron chi connectivity index (χ1n) is 8.87. The van der Waals surface area contributed by atoms with Gasteiger partial charge in [0.05, 0.1) is 30.8 Å². The molecule has 7 nitrogen and oxygen atoms in total. The first-order chi connectivity index (χ1) is 13.1. The van der Waals surface area contributed by atoms with Gasteiger partial charge in [-0.25, -0.2) is 9.50 Å². The van der Waals surface area contributed by atoms with Crippen molar-refractivity contribution in [2.45, 2.75) is 0 Å². The molecule has 2 aromatic heterocycles. The minimum atomic E-state index is -0.219. The van der Waals surface area contributed by atoms with Crippen molar-refractivity contribution in [2.24, 2.45) is 0 Å². The molecule has 8 heteroatoms. The number of nitrogens with one attached hydrogen (secondary N) is 1. The Morgan fingerprint density at radius 3 is 2.85 bits per heavy atom. The number of amides is 1. The summed E-state index contributed by atoms with van der Waals surface area (Å²) >= 11 is 0. The highest BCUT2D eigenvalue weighted by atomic mass is 31.1. The van der Waals surface area contributed by atoms with Gasteiger partial charge in [-0.1, -0.05) is 14.0 Å². The average molecular weight is 383 g/mol. The first kappa shape index (κ1) is 17.9. The van der Waals surface area contributed by atoms with E-state index in [4.69, 9.17) is 4.74 Å². The zero-order valence-electron chi connectivity index (χ0n) is 15.4. The van der Waals surface area contributed by atoms with Crippen LogP contribution in [0.15, 0.2) is 42.9 Å². The van der Waals surface area contributed by atoms with E-state index in [-0.39, 0.29) is 13.8 Å². The van der Waals surface area contributed by atoms with Gasteiger partial charge in [0, 0.05) is 25.5 Å². The van der Waals surface area contributed by atoms with Gasteiger partial charge < -0.3 is 15.0 Å². The maximum Gasteiger partial charge on any atom is 0.261 e. The molecule has 140 valence electrons. The summed E-state index contributed by atoms with van der Waals surface area (Å²) in [5.41, 5.74) is 2.86. The van der Waals surface area contributed by atoms with Crippen LogP contribution in [0.4, 0.5) is 11.4 Å². The van der Waals surface area contributed by atoms with Gasteiger partial charge in [0.2, 0.25) is 0 Å². The first-order valence-corrected chi connectivity index (χ1v) is 11.1. The molecule has 0 saturated carbocycles. The molecule has 3 aromatic rings. The SMILES string of the molecule is CP(C)c1ccc(NC(=O)c2cnn3cccnc23)c(N2CCOCC2)c1. The Morgan fingerprint density at radius 2 is 2.07 bits per heavy atom. The van der Waals surface area contributed by atoms with Crippen molar-refractivity contribution in [1.82, 2.24) is 14.6 Å². The fourth-order valence-corrected chi connectivity index (χ4v) is 3.90. The number of benzene rings is 1. The van der Waals surface area contributed by atoms with E-state index in [1.165, 1.54) is 5.30 Å². The molecule has 1 saturated heterocycles. The standard InChI is InChI=1S/C19H22N5O2P/c1-27(2)14-4-5-16(17(12-14)23-8-10-26-11-9-23)22-19(25)15-13-21-24-7-3-6-20-18(15)24/h3-7,12-13H,8-11H2,1-2H3,(H,22,25). The highest BCUT2D eigenvalue weighted by Gasteiger charge is 2.20. The van der Waals surface area contributed by atoms with Crippen molar-refractivity contribution < 1.29 is 9.53 Å². The minimum absolute atomic E-state index is 0.207. The molecule has 1 fully saturated rings. The van der Waals surface area contributed by atoms with Crippen molar-refractivity contribution in [3.63, 3.8) is 0 Å². The maximum absolute atomic E-state index is 12.9. The van der Waals surface area contributed by atoms with E-state index >= 15 is 0 Å². The van der Waals surface area contributed by atoms with Crippen LogP contribution >= 0.6 is 7.92 Å². The number of rotatable bonds is 4. The van der Waals surface area contributed by atoms with Gasteiger partial charge in [0.15, 0.2) is 5.65 Å². The normalized spacial score (nSPS) is 14.7. The topological polar surface area (TPSA) is 71.8 Å². The summed E-state index contributed by atoms with van der Waals surface area (Å²) in [6.45, 7) is 7.49. The lowest BCUT2D eigenvalue weighted by Gasteiger charge is -2.31. The van der Waals surface area contributed by atoms with Crippen molar-refractivity contribution in [3.05, 3.63) is 48.4 Å². The molecule has 0 aliphatic carbocycles. The summed E-state index contributed by atoms with van der Waals surface area (Å²) in [6, 6.07) is 8.07. The van der Waals surface area contributed by atoms with Gasteiger partial charge >= 0.3 is 0 Å². The molecule has 3 heterocycles. The molecule has 0 bridgehead atoms. The molecule has 1 aromatic carbocycles. The highest BCUT2D eigenvalue weighted by molar-refractivity contribution is 7.64. The van der Waals surface area contributed by atoms with Crippen LogP contribution < -0.4 is 15.5 Å². The third-order valence-corrected chi connectivity index (χ3v) is 5.93. The lowest BCUT2D eigenvalue weighted by atomic mass is 10.2. The molecule has 1 N–H and O–H groups in total. The Hall–Kier alpha value is -2.50. The number of morpholine rings is 1. The monoisotopic (exact) mass is 383 g/mol. The second kappa shape index (κ2) is 7.62. The Morgan fingerprint density at radius 1 is 1.26 bits per heavy atom. The minimum Gasteiger partial charge on any atom is -0.378 e. The van der Waals surface area contributed by atoms with Crippen molar-refractivity contribution >= 4 is 36.2 Å². The Labute approximate surface area is 159 Å². The van der Waals surface area contributed by atoms with E-state index in [9.17, 15) is 4.79 Å². The molecule has 0 spiro atoms. The lowest BCUT2D eigenvalue weighted by molar-refractivity contribution is 0.102. The van der Waals surface area contributed by atoms with Crippen LogP contribution in [0.1, 0.15) is 10.4 Å². The van der Waals surface area contributed by atoms with E-state index in [1.54, 1.807) is 29.2 Å². The van der Waals surface area contributed by atoms with Crippen LogP contribution in [-0.4, -0.2) is 60.1 Å². The van der Waals surface area contributed by atoms with Crippen molar-refractivity contribution in [2.75, 3.05) is 49.8 Å². The van der Waals surface area contributed by atoms with Gasteiger partial charge in [-0.3, -0.25) is 4.79 Å². The van der Waals surface area contributed by atoms with Crippen LogP contribution in [0.3, 0.4) is 0 Å². The largest absolute Gasteiger partial charge is 0.378 e. The number of carbonyl (C=O) groups is 1. The molecule has 0 atom stereocenters. The summed E-state index contributed by atoms with van der Waals surface area (Å²) in [6.07, 6.45) is 4.99. The third kappa shape index (κ3) is 3.66. The smallest absolute Gasteiger partial charge is 0.261 e. The highest BCUT2D eigenvalue weighted by Crippen LogP contribution is 2.32. The third-order valence-electron chi connectivity index (χ3n) is 4.62. The van der Waals surface area contributed by atoms with Crippen LogP contribution in [0.25, 0.3) is 5.65 Å². The maximum atomic E-state index is 12.9. The molecule has 27 heavy (non-hydrogen) atoms. The van der Waals surface area contributed by atoms with Gasteiger partial charge in [0.1, 0.15) is 5.56 Å². The number of carbonyl (C=O) groups excluding carboxylic acids is 1. The predicted octanol–water partition coefficient (Wildman–Crippen LogP) is 2.18. The van der Waals surface area contributed by atoms with Gasteiger partial charge in [-0.2, -0.15) is 5.10 Å². The summed E-state index contributed by atoms with van der Waals surface area (Å²) < 4.78 is 7.08. The molecular formula is C19H22N5O2P. The van der Waals surface area contributed by atoms with E-state index < -0.39 is 0 Å². The van der Waals surface area contributed by atoms with Gasteiger partial charge in [-0.05, 0) is 36.8 Å². The van der Waals surface area contributed by atoms with Gasteiger partial charge in [0.25, 0.3) is 5.91 Å². The Kier molecular flexibility index (Phi) is 5.05. The fraction of sp³-hybridized carbons (Fsp3) is 0.316. The van der Waals surface area contributed by atoms with Gasteiger partial charge in [-0.15, -0.1) is 0 Å². The van der Waals surface area contributed by atoms with Crippen LogP contribution in [0.5, 0.6) is 0 Å². The van der Waals surface area contributed by atoms with Crippen LogP contribution in [0.2, 0.25) is 0 Å². The number of ether oxygens (including phenoxy) is 1. The van der Waals surface area contributed by atoms with Crippen molar-refractivity contribution in [3.8, 4) is 0 Å². The average Bonchev–Trinajstić information content (AvgIpc) is 3.13. The zero-order valence-corrected chi connectivity index (χ0v) is 16.3. The molecule has 1 aliphatic rings. The second-order valence-electron chi connectivity index (χ2n) is 6.60. The number of fused-ring (bicyclic) bond motifs is 1. The summed E-state index contributed by atoms with van der Waals surface area (Å²) in [5, 5.41) is 8.57. The summed E-state index contributed by atoms with van der Waals surface area (Å²) in [4.78, 5) is 19.4. The Balaban J connectivity index is 1.67. The molecule has 0 unspecified atom stereocenters.